The van der Waals surface area contributed by atoms with Crippen molar-refractivity contribution < 1.29 is 4.39 Å². The predicted molar refractivity (Wildman–Crippen MR) is 86.1 cm³/mol. The molecule has 0 fully saturated rings. The van der Waals surface area contributed by atoms with E-state index in [2.05, 4.69) is 21.2 Å². The first-order valence-electron chi connectivity index (χ1n) is 6.16. The third-order valence-corrected chi connectivity index (χ3v) is 4.22. The van der Waals surface area contributed by atoms with Gasteiger partial charge in [-0.15, -0.1) is 0 Å². The van der Waals surface area contributed by atoms with E-state index in [9.17, 15) is 4.39 Å². The van der Waals surface area contributed by atoms with Gasteiger partial charge in [0.2, 0.25) is 0 Å². The van der Waals surface area contributed by atoms with E-state index in [1.165, 1.54) is 12.1 Å². The lowest BCUT2D eigenvalue weighted by atomic mass is 9.98. The molecule has 0 amide bonds. The minimum Gasteiger partial charge on any atom is -0.306 e. The second kappa shape index (κ2) is 6.90. The van der Waals surface area contributed by atoms with Gasteiger partial charge in [0.15, 0.2) is 0 Å². The van der Waals surface area contributed by atoms with Gasteiger partial charge >= 0.3 is 0 Å². The summed E-state index contributed by atoms with van der Waals surface area (Å²) in [6, 6.07) is 9.80. The maximum absolute atomic E-state index is 13.2. The standard InChI is InChI=1S/C15H13BrCl2FN/c1-2-20-15(11-5-4-10(19)8-13(11)16)12-7-9(17)3-6-14(12)18/h3-8,15,20H,2H2,1H3. The molecule has 0 saturated heterocycles. The van der Waals surface area contributed by atoms with Crippen LogP contribution in [0.4, 0.5) is 4.39 Å². The van der Waals surface area contributed by atoms with Crippen molar-refractivity contribution in [3.05, 3.63) is 67.9 Å². The first-order valence-corrected chi connectivity index (χ1v) is 7.71. The zero-order valence-corrected chi connectivity index (χ0v) is 13.9. The second-order valence-electron chi connectivity index (χ2n) is 4.32. The number of hydrogen-bond donors (Lipinski definition) is 1. The summed E-state index contributed by atoms with van der Waals surface area (Å²) in [5.41, 5.74) is 1.78. The Kier molecular flexibility index (Phi) is 5.44. The fourth-order valence-corrected chi connectivity index (χ4v) is 3.05. The minimum atomic E-state index is -0.284. The number of benzene rings is 2. The van der Waals surface area contributed by atoms with Crippen molar-refractivity contribution in [1.82, 2.24) is 5.32 Å². The lowest BCUT2D eigenvalue weighted by molar-refractivity contribution is 0.611. The van der Waals surface area contributed by atoms with E-state index >= 15 is 0 Å². The molecule has 2 aromatic rings. The van der Waals surface area contributed by atoms with Crippen LogP contribution in [0.2, 0.25) is 10.0 Å². The first kappa shape index (κ1) is 15.8. The van der Waals surface area contributed by atoms with Crippen molar-refractivity contribution in [3.63, 3.8) is 0 Å². The zero-order valence-electron chi connectivity index (χ0n) is 10.8. The fraction of sp³-hybridized carbons (Fsp3) is 0.200. The smallest absolute Gasteiger partial charge is 0.124 e. The van der Waals surface area contributed by atoms with Crippen LogP contribution in [0.25, 0.3) is 0 Å². The molecule has 2 rings (SSSR count). The van der Waals surface area contributed by atoms with Crippen molar-refractivity contribution in [3.8, 4) is 0 Å². The summed E-state index contributed by atoms with van der Waals surface area (Å²) in [7, 11) is 0. The van der Waals surface area contributed by atoms with Crippen molar-refractivity contribution in [2.45, 2.75) is 13.0 Å². The molecule has 1 atom stereocenters. The lowest BCUT2D eigenvalue weighted by Crippen LogP contribution is -2.22. The predicted octanol–water partition coefficient (Wildman–Crippen LogP) is 5.59. The van der Waals surface area contributed by atoms with Crippen LogP contribution in [0, 0.1) is 5.82 Å². The largest absolute Gasteiger partial charge is 0.306 e. The maximum atomic E-state index is 13.2. The van der Waals surface area contributed by atoms with Gasteiger partial charge < -0.3 is 5.32 Å². The Hall–Kier alpha value is -0.610. The van der Waals surface area contributed by atoms with Gasteiger partial charge in [0, 0.05) is 14.5 Å². The number of halogens is 4. The van der Waals surface area contributed by atoms with Gasteiger partial charge in [-0.3, -0.25) is 0 Å². The van der Waals surface area contributed by atoms with Gasteiger partial charge in [-0.2, -0.15) is 0 Å². The van der Waals surface area contributed by atoms with Gasteiger partial charge in [-0.05, 0) is 48.0 Å². The van der Waals surface area contributed by atoms with Crippen LogP contribution in [-0.4, -0.2) is 6.54 Å². The molecule has 0 aliphatic heterocycles. The maximum Gasteiger partial charge on any atom is 0.124 e. The van der Waals surface area contributed by atoms with Gasteiger partial charge in [-0.25, -0.2) is 4.39 Å². The molecule has 1 N–H and O–H groups in total. The van der Waals surface area contributed by atoms with Gasteiger partial charge in [0.05, 0.1) is 6.04 Å². The summed E-state index contributed by atoms with van der Waals surface area (Å²) in [4.78, 5) is 0. The van der Waals surface area contributed by atoms with Gasteiger partial charge in [-0.1, -0.05) is 52.1 Å². The van der Waals surface area contributed by atoms with Crippen molar-refractivity contribution >= 4 is 39.1 Å². The summed E-state index contributed by atoms with van der Waals surface area (Å²) < 4.78 is 13.9. The molecule has 1 nitrogen and oxygen atoms in total. The Balaban J connectivity index is 2.53. The highest BCUT2D eigenvalue weighted by molar-refractivity contribution is 9.10. The Labute approximate surface area is 136 Å². The van der Waals surface area contributed by atoms with Crippen LogP contribution in [0.1, 0.15) is 24.1 Å². The number of rotatable bonds is 4. The van der Waals surface area contributed by atoms with E-state index in [4.69, 9.17) is 23.2 Å². The summed E-state index contributed by atoms with van der Waals surface area (Å²) >= 11 is 15.7. The molecular weight excluding hydrogens is 364 g/mol. The zero-order chi connectivity index (χ0) is 14.7. The molecule has 106 valence electrons. The third-order valence-electron chi connectivity index (χ3n) is 2.95. The molecule has 0 aliphatic carbocycles. The monoisotopic (exact) mass is 375 g/mol. The highest BCUT2D eigenvalue weighted by Crippen LogP contribution is 2.34. The summed E-state index contributed by atoms with van der Waals surface area (Å²) in [6.45, 7) is 2.75. The van der Waals surface area contributed by atoms with Crippen molar-refractivity contribution in [1.29, 1.82) is 0 Å². The van der Waals surface area contributed by atoms with Crippen LogP contribution in [0.3, 0.4) is 0 Å². The minimum absolute atomic E-state index is 0.152. The average molecular weight is 377 g/mol. The third kappa shape index (κ3) is 3.53. The van der Waals surface area contributed by atoms with E-state index in [1.54, 1.807) is 18.2 Å². The SMILES string of the molecule is CCNC(c1cc(Cl)ccc1Cl)c1ccc(F)cc1Br. The van der Waals surface area contributed by atoms with Crippen LogP contribution in [-0.2, 0) is 0 Å². The molecule has 0 radical (unpaired) electrons. The van der Waals surface area contributed by atoms with E-state index < -0.39 is 0 Å². The van der Waals surface area contributed by atoms with Crippen molar-refractivity contribution in [2.75, 3.05) is 6.54 Å². The molecule has 0 saturated carbocycles. The molecule has 5 heteroatoms. The summed E-state index contributed by atoms with van der Waals surface area (Å²) in [6.07, 6.45) is 0. The second-order valence-corrected chi connectivity index (χ2v) is 6.02. The highest BCUT2D eigenvalue weighted by atomic mass is 79.9. The van der Waals surface area contributed by atoms with Gasteiger partial charge in [0.25, 0.3) is 0 Å². The number of hydrogen-bond acceptors (Lipinski definition) is 1. The molecule has 0 spiro atoms. The van der Waals surface area contributed by atoms with Crippen LogP contribution in [0.15, 0.2) is 40.9 Å². The Morgan fingerprint density at radius 1 is 1.15 bits per heavy atom. The van der Waals surface area contributed by atoms with Crippen LogP contribution in [0.5, 0.6) is 0 Å². The molecule has 2 aromatic carbocycles. The first-order chi connectivity index (χ1) is 9.52. The molecule has 0 bridgehead atoms. The van der Waals surface area contributed by atoms with E-state index in [-0.39, 0.29) is 11.9 Å². The van der Waals surface area contributed by atoms with E-state index in [1.807, 2.05) is 13.0 Å². The molecule has 1 unspecified atom stereocenters. The Morgan fingerprint density at radius 3 is 2.55 bits per heavy atom. The summed E-state index contributed by atoms with van der Waals surface area (Å²) in [5.74, 6) is -0.284. The van der Waals surface area contributed by atoms with Crippen LogP contribution < -0.4 is 5.32 Å². The molecule has 0 aliphatic rings. The highest BCUT2D eigenvalue weighted by Gasteiger charge is 2.19. The topological polar surface area (TPSA) is 12.0 Å². The van der Waals surface area contributed by atoms with Crippen molar-refractivity contribution in [2.24, 2.45) is 0 Å². The molecular formula is C15H13BrCl2FN. The van der Waals surface area contributed by atoms with E-state index in [0.29, 0.717) is 14.5 Å². The Morgan fingerprint density at radius 2 is 1.90 bits per heavy atom. The Bertz CT molecular complexity index is 619. The molecule has 20 heavy (non-hydrogen) atoms. The summed E-state index contributed by atoms with van der Waals surface area (Å²) in [5, 5.41) is 4.59. The lowest BCUT2D eigenvalue weighted by Gasteiger charge is -2.21. The van der Waals surface area contributed by atoms with E-state index in [0.717, 1.165) is 17.7 Å². The number of nitrogens with one attached hydrogen (secondary N) is 1. The fourth-order valence-electron chi connectivity index (χ4n) is 2.06. The molecule has 0 heterocycles. The van der Waals surface area contributed by atoms with Crippen LogP contribution >= 0.6 is 39.1 Å². The molecule has 0 aromatic heterocycles. The quantitative estimate of drug-likeness (QED) is 0.732. The normalized spacial score (nSPS) is 12.4. The average Bonchev–Trinajstić information content (AvgIpc) is 2.40. The van der Waals surface area contributed by atoms with Gasteiger partial charge in [0.1, 0.15) is 5.82 Å².